The van der Waals surface area contributed by atoms with Gasteiger partial charge in [-0.25, -0.2) is 0 Å². The number of nitrogen functional groups attached to an aromatic ring is 1. The number of nitrogens with one attached hydrogen (secondary N) is 1. The van der Waals surface area contributed by atoms with Crippen molar-refractivity contribution in [2.45, 2.75) is 26.7 Å². The van der Waals surface area contributed by atoms with E-state index in [4.69, 9.17) is 10.5 Å². The Hall–Kier alpha value is -1.10. The Morgan fingerprint density at radius 1 is 1.40 bits per heavy atom. The average molecular weight is 295 g/mol. The molecule has 0 aliphatic carbocycles. The molecule has 1 aliphatic heterocycles. The molecule has 3 N–H and O–H groups in total. The molecule has 0 atom stereocenters. The highest BCUT2D eigenvalue weighted by Gasteiger charge is 2.14. The molecule has 5 heteroatoms. The Kier molecular flexibility index (Phi) is 5.83. The second kappa shape index (κ2) is 7.62. The van der Waals surface area contributed by atoms with E-state index < -0.39 is 0 Å². The van der Waals surface area contributed by atoms with Gasteiger partial charge in [-0.1, -0.05) is 13.8 Å². The highest BCUT2D eigenvalue weighted by Crippen LogP contribution is 2.24. The number of hydrogen-bond donors (Lipinski definition) is 2. The number of hydrogen-bond acceptors (Lipinski definition) is 5. The number of thioether (sulfide) groups is 1. The van der Waals surface area contributed by atoms with Crippen LogP contribution in [0.1, 0.15) is 26.7 Å². The summed E-state index contributed by atoms with van der Waals surface area (Å²) in [5.74, 6) is 5.19. The Labute approximate surface area is 125 Å². The van der Waals surface area contributed by atoms with E-state index in [9.17, 15) is 0 Å². The minimum atomic E-state index is 0.465. The molecule has 4 nitrogen and oxygen atoms in total. The van der Waals surface area contributed by atoms with Crippen LogP contribution in [0.5, 0.6) is 5.88 Å². The monoisotopic (exact) mass is 295 g/mol. The molecule has 0 aromatic carbocycles. The van der Waals surface area contributed by atoms with Crippen molar-refractivity contribution in [2.24, 2.45) is 11.8 Å². The summed E-state index contributed by atoms with van der Waals surface area (Å²) in [6, 6.07) is 3.79. The van der Waals surface area contributed by atoms with Gasteiger partial charge in [-0.2, -0.15) is 16.7 Å². The van der Waals surface area contributed by atoms with E-state index in [0.29, 0.717) is 24.1 Å². The fourth-order valence-corrected chi connectivity index (χ4v) is 3.31. The normalized spacial score (nSPS) is 16.4. The zero-order chi connectivity index (χ0) is 14.4. The van der Waals surface area contributed by atoms with Gasteiger partial charge in [-0.05, 0) is 48.3 Å². The zero-order valence-electron chi connectivity index (χ0n) is 12.4. The van der Waals surface area contributed by atoms with E-state index in [2.05, 4.69) is 35.9 Å². The third-order valence-electron chi connectivity index (χ3n) is 3.36. The first kappa shape index (κ1) is 15.3. The molecular weight excluding hydrogens is 270 g/mol. The van der Waals surface area contributed by atoms with E-state index in [0.717, 1.165) is 18.3 Å². The highest BCUT2D eigenvalue weighted by molar-refractivity contribution is 7.99. The van der Waals surface area contributed by atoms with E-state index >= 15 is 0 Å². The van der Waals surface area contributed by atoms with Crippen LogP contribution >= 0.6 is 11.8 Å². The summed E-state index contributed by atoms with van der Waals surface area (Å²) in [5, 5.41) is 3.41. The van der Waals surface area contributed by atoms with Gasteiger partial charge in [0.25, 0.3) is 0 Å². The van der Waals surface area contributed by atoms with Crippen molar-refractivity contribution < 1.29 is 4.74 Å². The van der Waals surface area contributed by atoms with E-state index in [1.54, 1.807) is 0 Å². The molecule has 1 aromatic rings. The number of anilines is 2. The molecule has 2 rings (SSSR count). The lowest BCUT2D eigenvalue weighted by atomic mass is 10.0. The largest absolute Gasteiger partial charge is 0.476 e. The highest BCUT2D eigenvalue weighted by atomic mass is 32.2. The summed E-state index contributed by atoms with van der Waals surface area (Å²) in [7, 11) is 0. The predicted octanol–water partition coefficient (Wildman–Crippen LogP) is 3.25. The van der Waals surface area contributed by atoms with Crippen LogP contribution in [-0.4, -0.2) is 29.6 Å². The number of rotatable bonds is 6. The minimum absolute atomic E-state index is 0.465. The number of pyridine rings is 1. The number of ether oxygens (including phenoxy) is 1. The topological polar surface area (TPSA) is 60.2 Å². The van der Waals surface area contributed by atoms with Crippen LogP contribution in [0.2, 0.25) is 0 Å². The molecule has 0 amide bonds. The van der Waals surface area contributed by atoms with Crippen molar-refractivity contribution in [3.05, 3.63) is 12.1 Å². The first-order valence-electron chi connectivity index (χ1n) is 7.36. The quantitative estimate of drug-likeness (QED) is 0.843. The molecule has 1 saturated heterocycles. The van der Waals surface area contributed by atoms with Gasteiger partial charge in [0, 0.05) is 6.54 Å². The number of nitrogens with two attached hydrogens (primary N) is 1. The maximum atomic E-state index is 5.90. The zero-order valence-corrected chi connectivity index (χ0v) is 13.2. The summed E-state index contributed by atoms with van der Waals surface area (Å²) in [5.41, 5.74) is 6.50. The van der Waals surface area contributed by atoms with E-state index in [-0.39, 0.29) is 0 Å². The summed E-state index contributed by atoms with van der Waals surface area (Å²) < 4.78 is 5.65. The molecule has 20 heavy (non-hydrogen) atoms. The molecule has 1 aliphatic rings. The van der Waals surface area contributed by atoms with Gasteiger partial charge in [0.15, 0.2) is 0 Å². The summed E-state index contributed by atoms with van der Waals surface area (Å²) in [4.78, 5) is 4.47. The van der Waals surface area contributed by atoms with Crippen LogP contribution in [0.15, 0.2) is 12.1 Å². The molecule has 0 spiro atoms. The molecule has 1 fully saturated rings. The van der Waals surface area contributed by atoms with Crippen molar-refractivity contribution in [3.63, 3.8) is 0 Å². The van der Waals surface area contributed by atoms with Gasteiger partial charge in [0.2, 0.25) is 5.88 Å². The van der Waals surface area contributed by atoms with Gasteiger partial charge >= 0.3 is 0 Å². The van der Waals surface area contributed by atoms with Crippen LogP contribution in [-0.2, 0) is 0 Å². The minimum Gasteiger partial charge on any atom is -0.476 e. The fraction of sp³-hybridized carbons (Fsp3) is 0.667. The number of nitrogens with zero attached hydrogens (tertiary/aromatic N) is 1. The molecule has 0 saturated carbocycles. The van der Waals surface area contributed by atoms with Crippen molar-refractivity contribution in [3.8, 4) is 5.88 Å². The van der Waals surface area contributed by atoms with Gasteiger partial charge in [-0.3, -0.25) is 0 Å². The van der Waals surface area contributed by atoms with Gasteiger partial charge in [0.1, 0.15) is 5.82 Å². The molecule has 2 heterocycles. The molecule has 112 valence electrons. The maximum absolute atomic E-state index is 5.90. The summed E-state index contributed by atoms with van der Waals surface area (Å²) in [6.45, 7) is 5.85. The lowest BCUT2D eigenvalue weighted by Gasteiger charge is -2.22. The fourth-order valence-electron chi connectivity index (χ4n) is 2.11. The van der Waals surface area contributed by atoms with Crippen LogP contribution in [0.4, 0.5) is 11.5 Å². The van der Waals surface area contributed by atoms with Crippen LogP contribution in [0.3, 0.4) is 0 Å². The molecule has 1 aromatic heterocycles. The standard InChI is InChI=1S/C15H25N3OS/c1-11(2)10-19-15-13(16)3-4-14(18-15)17-9-12-5-7-20-8-6-12/h3-4,11-12H,5-10,16H2,1-2H3,(H,17,18). The second-order valence-electron chi connectivity index (χ2n) is 5.73. The molecular formula is C15H25N3OS. The first-order chi connectivity index (χ1) is 9.65. The van der Waals surface area contributed by atoms with Crippen molar-refractivity contribution in [1.82, 2.24) is 4.98 Å². The third-order valence-corrected chi connectivity index (χ3v) is 4.40. The Bertz CT molecular complexity index is 420. The van der Waals surface area contributed by atoms with Crippen LogP contribution in [0, 0.1) is 11.8 Å². The van der Waals surface area contributed by atoms with Crippen LogP contribution < -0.4 is 15.8 Å². The van der Waals surface area contributed by atoms with Gasteiger partial charge in [0.05, 0.1) is 12.3 Å². The SMILES string of the molecule is CC(C)COc1nc(NCC2CCSCC2)ccc1N. The summed E-state index contributed by atoms with van der Waals surface area (Å²) in [6.07, 6.45) is 2.59. The summed E-state index contributed by atoms with van der Waals surface area (Å²) >= 11 is 2.05. The van der Waals surface area contributed by atoms with Gasteiger partial charge < -0.3 is 15.8 Å². The van der Waals surface area contributed by atoms with Crippen molar-refractivity contribution in [2.75, 3.05) is 35.7 Å². The second-order valence-corrected chi connectivity index (χ2v) is 6.96. The van der Waals surface area contributed by atoms with Crippen LogP contribution in [0.25, 0.3) is 0 Å². The predicted molar refractivity (Wildman–Crippen MR) is 87.5 cm³/mol. The lowest BCUT2D eigenvalue weighted by molar-refractivity contribution is 0.263. The number of aromatic nitrogens is 1. The molecule has 0 bridgehead atoms. The maximum Gasteiger partial charge on any atom is 0.239 e. The Morgan fingerprint density at radius 3 is 2.85 bits per heavy atom. The Balaban J connectivity index is 1.89. The average Bonchev–Trinajstić information content (AvgIpc) is 2.46. The first-order valence-corrected chi connectivity index (χ1v) is 8.51. The third kappa shape index (κ3) is 4.78. The van der Waals surface area contributed by atoms with Crippen molar-refractivity contribution >= 4 is 23.3 Å². The molecule has 0 unspecified atom stereocenters. The smallest absolute Gasteiger partial charge is 0.239 e. The Morgan fingerprint density at radius 2 is 2.15 bits per heavy atom. The van der Waals surface area contributed by atoms with E-state index in [1.807, 2.05) is 12.1 Å². The lowest BCUT2D eigenvalue weighted by Crippen LogP contribution is -2.19. The molecule has 0 radical (unpaired) electrons. The van der Waals surface area contributed by atoms with Gasteiger partial charge in [-0.15, -0.1) is 0 Å². The van der Waals surface area contributed by atoms with E-state index in [1.165, 1.54) is 24.3 Å². The van der Waals surface area contributed by atoms with Crippen molar-refractivity contribution in [1.29, 1.82) is 0 Å².